The zero-order chi connectivity index (χ0) is 14.7. The summed E-state index contributed by atoms with van der Waals surface area (Å²) in [6.07, 6.45) is 0. The van der Waals surface area contributed by atoms with Crippen molar-refractivity contribution in [3.63, 3.8) is 0 Å². The predicted molar refractivity (Wildman–Crippen MR) is 72.7 cm³/mol. The average molecular weight is 346 g/mol. The van der Waals surface area contributed by atoms with E-state index in [0.29, 0.717) is 5.56 Å². The molecule has 0 aliphatic rings. The van der Waals surface area contributed by atoms with E-state index in [1.807, 2.05) is 0 Å². The number of ether oxygens (including phenoxy) is 1. The van der Waals surface area contributed by atoms with Crippen molar-refractivity contribution in [3.05, 3.63) is 63.4 Å². The smallest absolute Gasteiger partial charge is 0.165 e. The zero-order valence-electron chi connectivity index (χ0n) is 10.3. The van der Waals surface area contributed by atoms with Crippen LogP contribution >= 0.6 is 15.9 Å². The van der Waals surface area contributed by atoms with Crippen molar-refractivity contribution in [2.75, 3.05) is 0 Å². The monoisotopic (exact) mass is 345 g/mol. The first-order valence-corrected chi connectivity index (χ1v) is 6.56. The Balaban J connectivity index is 2.28. The van der Waals surface area contributed by atoms with E-state index in [-0.39, 0.29) is 22.3 Å². The van der Waals surface area contributed by atoms with Gasteiger partial charge in [0.15, 0.2) is 11.6 Å². The molecule has 0 aromatic heterocycles. The molecule has 0 radical (unpaired) electrons. The van der Waals surface area contributed by atoms with E-state index in [1.165, 1.54) is 18.2 Å². The summed E-state index contributed by atoms with van der Waals surface area (Å²) in [5.74, 6) is -2.23. The molecule has 0 saturated heterocycles. The minimum Gasteiger partial charge on any atom is -0.485 e. The maximum atomic E-state index is 13.8. The van der Waals surface area contributed by atoms with Gasteiger partial charge in [-0.2, -0.15) is 0 Å². The Hall–Kier alpha value is -1.53. The quantitative estimate of drug-likeness (QED) is 0.853. The highest BCUT2D eigenvalue weighted by Crippen LogP contribution is 2.26. The van der Waals surface area contributed by atoms with Crippen LogP contribution in [-0.2, 0) is 13.2 Å². The summed E-state index contributed by atoms with van der Waals surface area (Å²) in [4.78, 5) is 0. The molecule has 2 N–H and O–H groups in total. The van der Waals surface area contributed by atoms with Gasteiger partial charge in [0.25, 0.3) is 0 Å². The fraction of sp³-hybridized carbons (Fsp3) is 0.143. The molecule has 2 nitrogen and oxygen atoms in total. The molecule has 0 saturated carbocycles. The molecular formula is C14H11BrF3NO. The number of para-hydroxylation sites is 1. The highest BCUT2D eigenvalue weighted by atomic mass is 79.9. The summed E-state index contributed by atoms with van der Waals surface area (Å²) in [5.41, 5.74) is 5.63. The van der Waals surface area contributed by atoms with Crippen molar-refractivity contribution < 1.29 is 17.9 Å². The Kier molecular flexibility index (Phi) is 4.67. The van der Waals surface area contributed by atoms with Crippen molar-refractivity contribution in [1.29, 1.82) is 0 Å². The zero-order valence-corrected chi connectivity index (χ0v) is 11.9. The largest absolute Gasteiger partial charge is 0.485 e. The first-order chi connectivity index (χ1) is 9.54. The first kappa shape index (κ1) is 14.9. The van der Waals surface area contributed by atoms with E-state index in [0.717, 1.165) is 6.07 Å². The molecule has 6 heteroatoms. The molecular weight excluding hydrogens is 335 g/mol. The van der Waals surface area contributed by atoms with Gasteiger partial charge in [-0.15, -0.1) is 0 Å². The number of nitrogens with two attached hydrogens (primary N) is 1. The van der Waals surface area contributed by atoms with Crippen molar-refractivity contribution in [3.8, 4) is 5.75 Å². The fourth-order valence-electron chi connectivity index (χ4n) is 1.72. The van der Waals surface area contributed by atoms with Crippen LogP contribution in [-0.4, -0.2) is 0 Å². The van der Waals surface area contributed by atoms with Gasteiger partial charge in [0.1, 0.15) is 18.2 Å². The Morgan fingerprint density at radius 1 is 1.05 bits per heavy atom. The summed E-state index contributed by atoms with van der Waals surface area (Å²) in [5, 5.41) is 0. The molecule has 0 spiro atoms. The van der Waals surface area contributed by atoms with E-state index in [1.54, 1.807) is 6.07 Å². The highest BCUT2D eigenvalue weighted by molar-refractivity contribution is 9.10. The van der Waals surface area contributed by atoms with Gasteiger partial charge in [-0.25, -0.2) is 13.2 Å². The average Bonchev–Trinajstić information content (AvgIpc) is 2.44. The van der Waals surface area contributed by atoms with E-state index in [2.05, 4.69) is 15.9 Å². The Bertz CT molecular complexity index is 634. The van der Waals surface area contributed by atoms with Crippen LogP contribution in [0.1, 0.15) is 11.1 Å². The van der Waals surface area contributed by atoms with Gasteiger partial charge in [0.05, 0.1) is 10.0 Å². The van der Waals surface area contributed by atoms with E-state index >= 15 is 0 Å². The van der Waals surface area contributed by atoms with Crippen LogP contribution in [0.15, 0.2) is 34.8 Å². The summed E-state index contributed by atoms with van der Waals surface area (Å²) >= 11 is 2.96. The second-order valence-corrected chi connectivity index (χ2v) is 4.90. The Labute approximate surface area is 122 Å². The summed E-state index contributed by atoms with van der Waals surface area (Å²) in [6.45, 7) is -0.360. The van der Waals surface area contributed by atoms with E-state index < -0.39 is 24.1 Å². The molecule has 106 valence electrons. The molecule has 2 aromatic rings. The van der Waals surface area contributed by atoms with Gasteiger partial charge < -0.3 is 10.5 Å². The molecule has 0 aliphatic heterocycles. The van der Waals surface area contributed by atoms with Gasteiger partial charge in [-0.1, -0.05) is 12.1 Å². The van der Waals surface area contributed by atoms with Gasteiger partial charge in [0.2, 0.25) is 0 Å². The normalized spacial score (nSPS) is 10.7. The standard InChI is InChI=1S/C14H11BrF3NO/c15-10-4-5-11(16)9(13(10)18)7-20-14-8(6-19)2-1-3-12(14)17/h1-5H,6-7,19H2. The second kappa shape index (κ2) is 6.28. The lowest BCUT2D eigenvalue weighted by molar-refractivity contribution is 0.275. The number of hydrogen-bond acceptors (Lipinski definition) is 2. The van der Waals surface area contributed by atoms with Gasteiger partial charge >= 0.3 is 0 Å². The SMILES string of the molecule is NCc1cccc(F)c1OCc1c(F)ccc(Br)c1F. The predicted octanol–water partition coefficient (Wildman–Crippen LogP) is 3.90. The Morgan fingerprint density at radius 3 is 2.50 bits per heavy atom. The number of benzene rings is 2. The van der Waals surface area contributed by atoms with Crippen molar-refractivity contribution >= 4 is 15.9 Å². The van der Waals surface area contributed by atoms with Crippen LogP contribution in [0.2, 0.25) is 0 Å². The highest BCUT2D eigenvalue weighted by Gasteiger charge is 2.15. The summed E-state index contributed by atoms with van der Waals surface area (Å²) in [7, 11) is 0. The van der Waals surface area contributed by atoms with Crippen molar-refractivity contribution in [1.82, 2.24) is 0 Å². The summed E-state index contributed by atoms with van der Waals surface area (Å²) < 4.78 is 46.3. The van der Waals surface area contributed by atoms with Crippen LogP contribution in [0.25, 0.3) is 0 Å². The maximum Gasteiger partial charge on any atom is 0.165 e. The number of halogens is 4. The molecule has 0 atom stereocenters. The van der Waals surface area contributed by atoms with E-state index in [9.17, 15) is 13.2 Å². The molecule has 0 bridgehead atoms. The Morgan fingerprint density at radius 2 is 1.80 bits per heavy atom. The third kappa shape index (κ3) is 2.96. The number of hydrogen-bond donors (Lipinski definition) is 1. The fourth-order valence-corrected chi connectivity index (χ4v) is 2.09. The topological polar surface area (TPSA) is 35.2 Å². The molecule has 0 unspecified atom stereocenters. The number of rotatable bonds is 4. The van der Waals surface area contributed by atoms with Crippen LogP contribution in [0.4, 0.5) is 13.2 Å². The third-order valence-electron chi connectivity index (χ3n) is 2.77. The van der Waals surface area contributed by atoms with Crippen molar-refractivity contribution in [2.24, 2.45) is 5.73 Å². The van der Waals surface area contributed by atoms with Crippen molar-refractivity contribution in [2.45, 2.75) is 13.2 Å². The lowest BCUT2D eigenvalue weighted by atomic mass is 10.2. The van der Waals surface area contributed by atoms with Crippen LogP contribution in [0, 0.1) is 17.5 Å². The maximum absolute atomic E-state index is 13.8. The minimum absolute atomic E-state index is 0.0660. The summed E-state index contributed by atoms with van der Waals surface area (Å²) in [6, 6.07) is 6.64. The third-order valence-corrected chi connectivity index (χ3v) is 3.38. The molecule has 0 heterocycles. The van der Waals surface area contributed by atoms with Crippen LogP contribution in [0.5, 0.6) is 5.75 Å². The lowest BCUT2D eigenvalue weighted by Crippen LogP contribution is -2.07. The first-order valence-electron chi connectivity index (χ1n) is 5.77. The molecule has 0 fully saturated rings. The molecule has 2 aromatic carbocycles. The second-order valence-electron chi connectivity index (χ2n) is 4.04. The van der Waals surface area contributed by atoms with Gasteiger partial charge in [-0.3, -0.25) is 0 Å². The van der Waals surface area contributed by atoms with Gasteiger partial charge in [0, 0.05) is 12.1 Å². The van der Waals surface area contributed by atoms with Crippen LogP contribution < -0.4 is 10.5 Å². The van der Waals surface area contributed by atoms with E-state index in [4.69, 9.17) is 10.5 Å². The molecule has 2 rings (SSSR count). The van der Waals surface area contributed by atoms with Crippen LogP contribution in [0.3, 0.4) is 0 Å². The minimum atomic E-state index is -0.768. The molecule has 0 amide bonds. The molecule has 0 aliphatic carbocycles. The van der Waals surface area contributed by atoms with Gasteiger partial charge in [-0.05, 0) is 34.1 Å². The lowest BCUT2D eigenvalue weighted by Gasteiger charge is -2.12. The molecule has 20 heavy (non-hydrogen) atoms.